The van der Waals surface area contributed by atoms with Gasteiger partial charge in [-0.15, -0.1) is 0 Å². The van der Waals surface area contributed by atoms with Gasteiger partial charge in [-0.2, -0.15) is 0 Å². The molecule has 10 heterocycles. The molecule has 0 aliphatic carbocycles. The molecule has 4 fully saturated rings. The van der Waals surface area contributed by atoms with Crippen molar-refractivity contribution in [2.24, 2.45) is 25.9 Å². The van der Waals surface area contributed by atoms with Crippen molar-refractivity contribution in [3.05, 3.63) is 61.4 Å². The van der Waals surface area contributed by atoms with E-state index in [1.54, 1.807) is 23.8 Å². The first-order valence-electron chi connectivity index (χ1n) is 23.8. The lowest BCUT2D eigenvalue weighted by Crippen LogP contribution is -2.50. The maximum Gasteiger partial charge on any atom is 0.410 e. The molecule has 20 heteroatoms. The fraction of sp³-hybridized carbons (Fsp3) is 0.490. The van der Waals surface area contributed by atoms with E-state index < -0.39 is 5.60 Å². The van der Waals surface area contributed by atoms with E-state index in [0.29, 0.717) is 69.6 Å². The minimum Gasteiger partial charge on any atom is -0.473 e. The first-order chi connectivity index (χ1) is 33.2. The van der Waals surface area contributed by atoms with E-state index in [0.717, 1.165) is 76.7 Å². The number of pyridine rings is 4. The molecule has 20 nitrogen and oxygen atoms in total. The molecule has 4 aliphatic heterocycles. The number of anilines is 2. The third-order valence-electron chi connectivity index (χ3n) is 13.1. The molecular weight excluding hydrogens is 881 g/mol. The second kappa shape index (κ2) is 19.9. The highest BCUT2D eigenvalue weighted by atomic mass is 16.6. The van der Waals surface area contributed by atoms with Crippen LogP contribution < -0.4 is 35.2 Å². The van der Waals surface area contributed by atoms with Crippen LogP contribution >= 0.6 is 0 Å². The summed E-state index contributed by atoms with van der Waals surface area (Å²) in [7, 11) is 3.84. The van der Waals surface area contributed by atoms with Gasteiger partial charge >= 0.3 is 6.09 Å². The fourth-order valence-electron chi connectivity index (χ4n) is 8.99. The Hall–Kier alpha value is -7.09. The highest BCUT2D eigenvalue weighted by molar-refractivity contribution is 5.86. The van der Waals surface area contributed by atoms with Crippen LogP contribution in [0, 0.1) is 11.8 Å². The molecule has 10 rings (SSSR count). The van der Waals surface area contributed by atoms with Crippen molar-refractivity contribution in [1.82, 2.24) is 59.9 Å². The smallest absolute Gasteiger partial charge is 0.410 e. The van der Waals surface area contributed by atoms with Crippen molar-refractivity contribution < 1.29 is 28.6 Å². The molecule has 4 atom stereocenters. The molecule has 4 aliphatic rings. The topological polar surface area (TPSA) is 212 Å². The molecule has 0 aromatic carbocycles. The highest BCUT2D eigenvalue weighted by Crippen LogP contribution is 2.33. The summed E-state index contributed by atoms with van der Waals surface area (Å²) >= 11 is 0. The molecule has 6 aromatic heterocycles. The number of amides is 3. The lowest BCUT2D eigenvalue weighted by molar-refractivity contribution is -0.120. The Bertz CT molecular complexity index is 2790. The van der Waals surface area contributed by atoms with Crippen LogP contribution in [0.2, 0.25) is 0 Å². The second-order valence-corrected chi connectivity index (χ2v) is 19.3. The quantitative estimate of drug-likeness (QED) is 0.175. The van der Waals surface area contributed by atoms with Gasteiger partial charge in [-0.1, -0.05) is 0 Å². The third kappa shape index (κ3) is 10.8. The zero-order valence-electron chi connectivity index (χ0n) is 40.4. The standard InChI is InChI=1S/C27H35N7O4.C22H27N7O2/c1-17(19-12-23(35)29-15-19)37-25-24-21(30-16-32(24)5)13-20(31-25)18-6-7-22(28-14-18)33-8-10-34(11-9-33)26(36)38-27(2,3)4;1-14(16-9-20(30)25-12-16)31-22-21-18(26-13-28(21)2)10-17(27-22)15-3-4-19(24-11-15)29-7-5-23-6-8-29/h6-7,13-14,16-17,19H,8-12,15H2,1-5H3,(H,29,35);3-4,10-11,13-14,16,23H,5-9,12H2,1-2H3,(H,25,30)/t17-,19-;14-,16-/m11/s1. The summed E-state index contributed by atoms with van der Waals surface area (Å²) in [5, 5.41) is 9.11. The number of nitrogens with one attached hydrogen (secondary N) is 3. The minimum atomic E-state index is -0.506. The molecular formula is C49H62N14O6. The second-order valence-electron chi connectivity index (χ2n) is 19.3. The van der Waals surface area contributed by atoms with Crippen molar-refractivity contribution in [2.75, 3.05) is 75.2 Å². The van der Waals surface area contributed by atoms with Gasteiger partial charge in [0, 0.05) is 128 Å². The van der Waals surface area contributed by atoms with Gasteiger partial charge in [0.15, 0.2) is 0 Å². The van der Waals surface area contributed by atoms with Crippen LogP contribution in [0.4, 0.5) is 16.4 Å². The van der Waals surface area contributed by atoms with Gasteiger partial charge in [-0.05, 0) is 71.0 Å². The number of rotatable bonds is 10. The molecule has 0 bridgehead atoms. The summed E-state index contributed by atoms with van der Waals surface area (Å²) in [6, 6.07) is 12.0. The van der Waals surface area contributed by atoms with Crippen LogP contribution in [0.3, 0.4) is 0 Å². The predicted molar refractivity (Wildman–Crippen MR) is 261 cm³/mol. The van der Waals surface area contributed by atoms with Crippen molar-refractivity contribution in [1.29, 1.82) is 0 Å². The average Bonchev–Trinajstić information content (AvgIpc) is 4.17. The Balaban J connectivity index is 0.000000175. The number of carbonyl (C=O) groups excluding carboxylic acids is 3. The normalized spacial score (nSPS) is 19.5. The SMILES string of the molecule is C[C@@H](Oc1nc(-c2ccc(N3CCN(C(=O)OC(C)(C)C)CC3)nc2)cc2ncn(C)c12)[C@H]1CNC(=O)C1.C[C@@H](Oc1nc(-c2ccc(N3CCNCC3)nc2)cc2ncn(C)c12)[C@H]1CNC(=O)C1. The summed E-state index contributed by atoms with van der Waals surface area (Å²) in [4.78, 5) is 69.9. The Morgan fingerprint density at radius 3 is 1.54 bits per heavy atom. The van der Waals surface area contributed by atoms with E-state index in [1.165, 1.54) is 0 Å². The van der Waals surface area contributed by atoms with Gasteiger partial charge in [-0.25, -0.2) is 34.7 Å². The molecule has 4 saturated heterocycles. The van der Waals surface area contributed by atoms with Crippen molar-refractivity contribution in [3.63, 3.8) is 0 Å². The van der Waals surface area contributed by atoms with E-state index in [2.05, 4.69) is 40.7 Å². The number of aromatic nitrogens is 8. The summed E-state index contributed by atoms with van der Waals surface area (Å²) in [6.45, 7) is 17.2. The Kier molecular flexibility index (Phi) is 13.5. The van der Waals surface area contributed by atoms with Gasteiger partial charge in [0.05, 0.1) is 35.1 Å². The van der Waals surface area contributed by atoms with Crippen LogP contribution in [-0.4, -0.2) is 145 Å². The Labute approximate surface area is 401 Å². The van der Waals surface area contributed by atoms with Crippen LogP contribution in [0.5, 0.6) is 11.8 Å². The number of ether oxygens (including phenoxy) is 3. The predicted octanol–water partition coefficient (Wildman–Crippen LogP) is 4.33. The summed E-state index contributed by atoms with van der Waals surface area (Å²) < 4.78 is 21.9. The molecule has 6 aromatic rings. The lowest BCUT2D eigenvalue weighted by Gasteiger charge is -2.36. The molecule has 69 heavy (non-hydrogen) atoms. The highest BCUT2D eigenvalue weighted by Gasteiger charge is 2.31. The van der Waals surface area contributed by atoms with Gasteiger partial charge in [0.25, 0.3) is 0 Å². The minimum absolute atomic E-state index is 0.0512. The van der Waals surface area contributed by atoms with Crippen molar-refractivity contribution in [3.8, 4) is 34.3 Å². The number of fused-ring (bicyclic) bond motifs is 2. The van der Waals surface area contributed by atoms with Gasteiger partial charge in [-0.3, -0.25) is 9.59 Å². The largest absolute Gasteiger partial charge is 0.473 e. The molecule has 0 radical (unpaired) electrons. The molecule has 364 valence electrons. The molecule has 3 N–H and O–H groups in total. The number of hydrogen-bond acceptors (Lipinski definition) is 15. The molecule has 3 amide bonds. The lowest BCUT2D eigenvalue weighted by atomic mass is 10.0. The van der Waals surface area contributed by atoms with Crippen LogP contribution in [0.1, 0.15) is 47.5 Å². The molecule has 0 saturated carbocycles. The van der Waals surface area contributed by atoms with Gasteiger partial charge in [0.1, 0.15) is 40.5 Å². The van der Waals surface area contributed by atoms with Crippen LogP contribution in [0.25, 0.3) is 44.6 Å². The maximum atomic E-state index is 12.4. The van der Waals surface area contributed by atoms with E-state index in [1.807, 2.05) is 100 Å². The zero-order chi connectivity index (χ0) is 48.4. The zero-order valence-corrected chi connectivity index (χ0v) is 40.4. The molecule has 0 spiro atoms. The van der Waals surface area contributed by atoms with Crippen molar-refractivity contribution >= 4 is 51.6 Å². The number of hydrogen-bond donors (Lipinski definition) is 3. The van der Waals surface area contributed by atoms with E-state index in [9.17, 15) is 14.4 Å². The molecule has 0 unspecified atom stereocenters. The first kappa shape index (κ1) is 47.0. The fourth-order valence-corrected chi connectivity index (χ4v) is 8.99. The van der Waals surface area contributed by atoms with E-state index in [4.69, 9.17) is 29.2 Å². The monoisotopic (exact) mass is 942 g/mol. The number of imidazole rings is 2. The number of piperazine rings is 2. The summed E-state index contributed by atoms with van der Waals surface area (Å²) in [5.41, 5.74) is 6.01. The van der Waals surface area contributed by atoms with Crippen molar-refractivity contribution in [2.45, 2.75) is 65.3 Å². The Morgan fingerprint density at radius 2 is 1.13 bits per heavy atom. The number of carbonyl (C=O) groups is 3. The summed E-state index contributed by atoms with van der Waals surface area (Å²) in [5.74, 6) is 3.19. The average molecular weight is 943 g/mol. The summed E-state index contributed by atoms with van der Waals surface area (Å²) in [6.07, 6.45) is 7.50. The van der Waals surface area contributed by atoms with Gasteiger partial charge < -0.3 is 54.0 Å². The number of nitrogens with zero attached hydrogens (tertiary/aromatic N) is 11. The third-order valence-corrected chi connectivity index (χ3v) is 13.1. The van der Waals surface area contributed by atoms with Gasteiger partial charge in [0.2, 0.25) is 23.6 Å². The van der Waals surface area contributed by atoms with Crippen LogP contribution in [0.15, 0.2) is 61.4 Å². The van der Waals surface area contributed by atoms with E-state index >= 15 is 0 Å². The van der Waals surface area contributed by atoms with Crippen LogP contribution in [-0.2, 0) is 28.4 Å². The Morgan fingerprint density at radius 1 is 0.667 bits per heavy atom. The first-order valence-corrected chi connectivity index (χ1v) is 23.8. The number of aryl methyl sites for hydroxylation is 2. The maximum absolute atomic E-state index is 12.4. The van der Waals surface area contributed by atoms with E-state index in [-0.39, 0.29) is 42.0 Å².